The van der Waals surface area contributed by atoms with E-state index in [2.05, 4.69) is 94.6 Å². The van der Waals surface area contributed by atoms with Crippen LogP contribution < -0.4 is 4.90 Å². The van der Waals surface area contributed by atoms with Crippen molar-refractivity contribution in [3.8, 4) is 0 Å². The quantitative estimate of drug-likeness (QED) is 0.505. The number of hydrogen-bond donors (Lipinski definition) is 0. The Morgan fingerprint density at radius 2 is 1.69 bits per heavy atom. The largest absolute Gasteiger partial charge is 0.457 e. The average molecular weight is 348 g/mol. The van der Waals surface area contributed by atoms with Gasteiger partial charge in [0.2, 0.25) is 0 Å². The maximum Gasteiger partial charge on any atom is 0.152 e. The lowest BCUT2D eigenvalue weighted by Gasteiger charge is -2.61. The van der Waals surface area contributed by atoms with Crippen LogP contribution in [0.15, 0.2) is 40.9 Å². The Morgan fingerprint density at radius 3 is 2.42 bits per heavy atom. The van der Waals surface area contributed by atoms with Crippen LogP contribution in [0.2, 0.25) is 0 Å². The van der Waals surface area contributed by atoms with Crippen LogP contribution in [-0.2, 0) is 18.0 Å². The molecule has 4 heterocycles. The van der Waals surface area contributed by atoms with Crippen molar-refractivity contribution in [3.63, 3.8) is 0 Å². The first kappa shape index (κ1) is 16.0. The Bertz CT molecular complexity index is 1050. The highest BCUT2D eigenvalue weighted by Crippen LogP contribution is 2.68. The Balaban J connectivity index is 1.94. The van der Waals surface area contributed by atoms with Crippen molar-refractivity contribution in [3.05, 3.63) is 53.4 Å². The van der Waals surface area contributed by atoms with Crippen LogP contribution in [0.1, 0.15) is 64.5 Å². The molecule has 3 aromatic rings. The number of aryl methyl sites for hydroxylation is 1. The molecule has 0 saturated carbocycles. The summed E-state index contributed by atoms with van der Waals surface area (Å²) in [6.07, 6.45) is 2.11. The Labute approximate surface area is 155 Å². The van der Waals surface area contributed by atoms with Crippen molar-refractivity contribution < 1.29 is 4.42 Å². The molecule has 0 aliphatic carbocycles. The molecule has 2 unspecified atom stereocenters. The zero-order valence-corrected chi connectivity index (χ0v) is 16.8. The lowest BCUT2D eigenvalue weighted by Crippen LogP contribution is -2.61. The molecule has 2 atom stereocenters. The van der Waals surface area contributed by atoms with Gasteiger partial charge < -0.3 is 13.9 Å². The molecule has 3 heteroatoms. The molecule has 1 aromatic carbocycles. The number of furan rings is 1. The van der Waals surface area contributed by atoms with Gasteiger partial charge in [0, 0.05) is 29.9 Å². The van der Waals surface area contributed by atoms with Crippen LogP contribution >= 0.6 is 0 Å². The summed E-state index contributed by atoms with van der Waals surface area (Å²) in [4.78, 5) is 2.62. The van der Waals surface area contributed by atoms with Gasteiger partial charge in [-0.1, -0.05) is 45.9 Å². The van der Waals surface area contributed by atoms with Crippen molar-refractivity contribution in [1.29, 1.82) is 0 Å². The van der Waals surface area contributed by atoms with Crippen molar-refractivity contribution >= 4 is 16.8 Å². The van der Waals surface area contributed by atoms with Gasteiger partial charge in [0.05, 0.1) is 17.1 Å². The zero-order chi connectivity index (χ0) is 18.6. The van der Waals surface area contributed by atoms with E-state index < -0.39 is 0 Å². The summed E-state index contributed by atoms with van der Waals surface area (Å²) < 4.78 is 8.64. The molecule has 5 rings (SSSR count). The van der Waals surface area contributed by atoms with Crippen LogP contribution in [-0.4, -0.2) is 4.57 Å². The summed E-state index contributed by atoms with van der Waals surface area (Å²) in [7, 11) is 2.13. The maximum atomic E-state index is 6.41. The number of aromatic nitrogens is 1. The molecule has 2 aliphatic rings. The van der Waals surface area contributed by atoms with E-state index in [0.29, 0.717) is 0 Å². The first-order valence-electron chi connectivity index (χ1n) is 9.61. The monoisotopic (exact) mass is 348 g/mol. The van der Waals surface area contributed by atoms with Crippen LogP contribution in [0.4, 0.5) is 5.69 Å². The third-order valence-corrected chi connectivity index (χ3v) is 8.09. The topological polar surface area (TPSA) is 21.3 Å². The molecular weight excluding hydrogens is 320 g/mol. The average Bonchev–Trinajstić information content (AvgIpc) is 3.19. The molecular formula is C23H28N2O. The maximum absolute atomic E-state index is 6.41. The number of fused-ring (bicyclic) bond motifs is 7. The highest BCUT2D eigenvalue weighted by atomic mass is 16.3. The minimum atomic E-state index is -0.142. The van der Waals surface area contributed by atoms with Gasteiger partial charge in [0.25, 0.3) is 0 Å². The molecule has 0 spiro atoms. The molecule has 0 amide bonds. The Hall–Kier alpha value is -2.16. The summed E-state index contributed by atoms with van der Waals surface area (Å²) >= 11 is 0. The van der Waals surface area contributed by atoms with Gasteiger partial charge in [-0.05, 0) is 37.0 Å². The molecule has 0 radical (unpaired) electrons. The molecule has 0 fully saturated rings. The van der Waals surface area contributed by atoms with E-state index in [1.165, 1.54) is 22.3 Å². The summed E-state index contributed by atoms with van der Waals surface area (Å²) in [5, 5.41) is 0. The van der Waals surface area contributed by atoms with Crippen molar-refractivity contribution in [1.82, 2.24) is 4.57 Å². The van der Waals surface area contributed by atoms with Crippen molar-refractivity contribution in [2.24, 2.45) is 12.5 Å². The summed E-state index contributed by atoms with van der Waals surface area (Å²) in [5.41, 5.74) is 6.32. The lowest BCUT2D eigenvalue weighted by molar-refractivity contribution is 0.0660. The van der Waals surface area contributed by atoms with Crippen molar-refractivity contribution in [2.75, 3.05) is 4.90 Å². The summed E-state index contributed by atoms with van der Waals surface area (Å²) in [5.74, 6) is 1.13. The van der Waals surface area contributed by atoms with Gasteiger partial charge >= 0.3 is 0 Å². The van der Waals surface area contributed by atoms with Crippen molar-refractivity contribution in [2.45, 2.75) is 58.5 Å². The van der Waals surface area contributed by atoms with Crippen LogP contribution in [0.5, 0.6) is 0 Å². The van der Waals surface area contributed by atoms with Gasteiger partial charge in [0.1, 0.15) is 5.76 Å². The second kappa shape index (κ2) is 4.39. The fraction of sp³-hybridized carbons (Fsp3) is 0.478. The van der Waals surface area contributed by atoms with E-state index >= 15 is 0 Å². The standard InChI is InChI=1S/C23H28N2O/c1-14-20-18(19-17(26-20)12-13-24(19)7)23(6)22(4,5)21(2,3)15-10-8-9-11-16(15)25(14)23/h8-14H,1-7H3. The smallest absolute Gasteiger partial charge is 0.152 e. The fourth-order valence-corrected chi connectivity index (χ4v) is 5.79. The fourth-order valence-electron chi connectivity index (χ4n) is 5.79. The zero-order valence-electron chi connectivity index (χ0n) is 16.8. The van der Waals surface area contributed by atoms with Crippen LogP contribution in [0.3, 0.4) is 0 Å². The van der Waals surface area contributed by atoms with Gasteiger partial charge in [-0.2, -0.15) is 0 Å². The molecule has 2 aliphatic heterocycles. The normalized spacial score (nSPS) is 28.1. The first-order valence-corrected chi connectivity index (χ1v) is 9.61. The van der Waals surface area contributed by atoms with Gasteiger partial charge in [-0.3, -0.25) is 0 Å². The summed E-state index contributed by atoms with van der Waals surface area (Å²) in [6.45, 7) is 14.4. The third-order valence-electron chi connectivity index (χ3n) is 8.09. The number of anilines is 1. The molecule has 26 heavy (non-hydrogen) atoms. The van der Waals surface area contributed by atoms with Crippen LogP contribution in [0.25, 0.3) is 11.1 Å². The van der Waals surface area contributed by atoms with E-state index in [4.69, 9.17) is 4.42 Å². The molecule has 0 bridgehead atoms. The second-order valence-corrected chi connectivity index (χ2v) is 9.37. The molecule has 0 N–H and O–H groups in total. The number of rotatable bonds is 0. The van der Waals surface area contributed by atoms with E-state index in [1.54, 1.807) is 0 Å². The SMILES string of the molecule is CC1c2oc3ccn(C)c3c2C2(C)N1c1ccccc1C(C)(C)C2(C)C. The Morgan fingerprint density at radius 1 is 1.00 bits per heavy atom. The molecule has 0 saturated heterocycles. The highest BCUT2D eigenvalue weighted by molar-refractivity contribution is 5.85. The van der Waals surface area contributed by atoms with E-state index in [9.17, 15) is 0 Å². The highest BCUT2D eigenvalue weighted by Gasteiger charge is 2.65. The third kappa shape index (κ3) is 1.42. The minimum Gasteiger partial charge on any atom is -0.457 e. The minimum absolute atomic E-state index is 0.00887. The predicted octanol–water partition coefficient (Wildman–Crippen LogP) is 5.89. The van der Waals surface area contributed by atoms with E-state index in [0.717, 1.165) is 11.3 Å². The second-order valence-electron chi connectivity index (χ2n) is 9.37. The van der Waals surface area contributed by atoms with Gasteiger partial charge in [-0.15, -0.1) is 0 Å². The van der Waals surface area contributed by atoms with Gasteiger partial charge in [-0.25, -0.2) is 0 Å². The number of benzene rings is 1. The Kier molecular flexibility index (Phi) is 2.71. The molecule has 3 nitrogen and oxygen atoms in total. The number of nitrogens with zero attached hydrogens (tertiary/aromatic N) is 2. The predicted molar refractivity (Wildman–Crippen MR) is 107 cm³/mol. The van der Waals surface area contributed by atoms with E-state index in [-0.39, 0.29) is 22.4 Å². The number of para-hydroxylation sites is 1. The molecule has 136 valence electrons. The van der Waals surface area contributed by atoms with Gasteiger partial charge in [0.15, 0.2) is 5.58 Å². The summed E-state index contributed by atoms with van der Waals surface area (Å²) in [6, 6.07) is 11.3. The van der Waals surface area contributed by atoms with Crippen LogP contribution in [0, 0.1) is 5.41 Å². The number of hydrogen-bond acceptors (Lipinski definition) is 2. The molecule has 2 aromatic heterocycles. The van der Waals surface area contributed by atoms with E-state index in [1.807, 2.05) is 0 Å². The lowest BCUT2D eigenvalue weighted by atomic mass is 9.51. The first-order chi connectivity index (χ1) is 12.1.